The number of carboxylic acids is 1. The lowest BCUT2D eigenvalue weighted by Crippen LogP contribution is -2.26. The van der Waals surface area contributed by atoms with Gasteiger partial charge in [-0.3, -0.25) is 4.90 Å². The Morgan fingerprint density at radius 2 is 2.15 bits per heavy atom. The summed E-state index contributed by atoms with van der Waals surface area (Å²) in [6, 6.07) is 12.3. The van der Waals surface area contributed by atoms with Crippen molar-refractivity contribution in [1.29, 1.82) is 0 Å². The van der Waals surface area contributed by atoms with Gasteiger partial charge in [-0.15, -0.1) is 0 Å². The van der Waals surface area contributed by atoms with Crippen molar-refractivity contribution in [2.24, 2.45) is 0 Å². The lowest BCUT2D eigenvalue weighted by Gasteiger charge is -2.17. The van der Waals surface area contributed by atoms with Gasteiger partial charge in [0.1, 0.15) is 11.6 Å². The van der Waals surface area contributed by atoms with Crippen molar-refractivity contribution in [3.05, 3.63) is 59.8 Å². The zero-order chi connectivity index (χ0) is 18.4. The maximum atomic E-state index is 10.5. The summed E-state index contributed by atoms with van der Waals surface area (Å²) >= 11 is 0. The molecule has 1 aliphatic rings. The van der Waals surface area contributed by atoms with Gasteiger partial charge in [0.25, 0.3) is 0 Å². The Balaban J connectivity index is 1.50. The molecular weight excluding hydrogens is 330 g/mol. The molecule has 0 bridgehead atoms. The summed E-state index contributed by atoms with van der Waals surface area (Å²) in [6.07, 6.45) is 5.38. The molecule has 1 aromatic carbocycles. The molecule has 3 rings (SSSR count). The van der Waals surface area contributed by atoms with E-state index in [1.54, 1.807) is 13.3 Å². The number of nitrogens with zero attached hydrogens (tertiary/aromatic N) is 2. The summed E-state index contributed by atoms with van der Waals surface area (Å²) in [4.78, 5) is 17.3. The molecule has 0 unspecified atom stereocenters. The number of nitrogens with one attached hydrogen (secondary N) is 1. The molecule has 0 saturated carbocycles. The van der Waals surface area contributed by atoms with Crippen molar-refractivity contribution in [2.45, 2.75) is 19.0 Å². The zero-order valence-corrected chi connectivity index (χ0v) is 14.8. The summed E-state index contributed by atoms with van der Waals surface area (Å²) in [7, 11) is 1.68. The van der Waals surface area contributed by atoms with E-state index in [1.165, 1.54) is 11.6 Å². The highest BCUT2D eigenvalue weighted by Crippen LogP contribution is 2.19. The first-order valence-corrected chi connectivity index (χ1v) is 8.61. The molecule has 2 N–H and O–H groups in total. The molecule has 6 nitrogen and oxygen atoms in total. The second-order valence-electron chi connectivity index (χ2n) is 6.36. The van der Waals surface area contributed by atoms with Crippen LogP contribution in [0.3, 0.4) is 0 Å². The average Bonchev–Trinajstić information content (AvgIpc) is 3.08. The van der Waals surface area contributed by atoms with Crippen molar-refractivity contribution in [1.82, 2.24) is 9.88 Å². The van der Waals surface area contributed by atoms with Crippen molar-refractivity contribution in [2.75, 3.05) is 25.5 Å². The van der Waals surface area contributed by atoms with Crippen molar-refractivity contribution in [3.63, 3.8) is 0 Å². The van der Waals surface area contributed by atoms with Crippen LogP contribution in [0.1, 0.15) is 17.5 Å². The van der Waals surface area contributed by atoms with Gasteiger partial charge in [-0.1, -0.05) is 12.1 Å². The van der Waals surface area contributed by atoms with Gasteiger partial charge < -0.3 is 15.2 Å². The number of benzene rings is 1. The Morgan fingerprint density at radius 3 is 2.81 bits per heavy atom. The van der Waals surface area contributed by atoms with E-state index >= 15 is 0 Å². The SMILES string of the molecule is COc1ccc(CN2CC[C@@H](Nc3ccc(/C=C/C(=O)O)cn3)C2)cc1. The van der Waals surface area contributed by atoms with Gasteiger partial charge >= 0.3 is 5.97 Å². The van der Waals surface area contributed by atoms with E-state index in [2.05, 4.69) is 27.3 Å². The van der Waals surface area contributed by atoms with Crippen molar-refractivity contribution in [3.8, 4) is 5.75 Å². The molecule has 0 spiro atoms. The second kappa shape index (κ2) is 8.49. The van der Waals surface area contributed by atoms with Crippen LogP contribution in [0.5, 0.6) is 5.75 Å². The number of ether oxygens (including phenoxy) is 1. The summed E-state index contributed by atoms with van der Waals surface area (Å²) in [5.74, 6) is 0.728. The molecule has 1 aliphatic heterocycles. The summed E-state index contributed by atoms with van der Waals surface area (Å²) in [6.45, 7) is 2.94. The molecule has 2 aromatic rings. The highest BCUT2D eigenvalue weighted by atomic mass is 16.5. The Hall–Kier alpha value is -2.86. The molecule has 0 radical (unpaired) electrons. The Bertz CT molecular complexity index is 757. The molecule has 2 heterocycles. The van der Waals surface area contributed by atoms with Crippen molar-refractivity contribution >= 4 is 17.9 Å². The number of hydrogen-bond donors (Lipinski definition) is 2. The minimum atomic E-state index is -0.963. The highest BCUT2D eigenvalue weighted by molar-refractivity contribution is 5.85. The van der Waals surface area contributed by atoms with Crippen LogP contribution in [0.2, 0.25) is 0 Å². The Morgan fingerprint density at radius 1 is 1.35 bits per heavy atom. The largest absolute Gasteiger partial charge is 0.497 e. The van der Waals surface area contributed by atoms with Crippen LogP contribution in [0.15, 0.2) is 48.7 Å². The fourth-order valence-corrected chi connectivity index (χ4v) is 3.05. The predicted octanol–water partition coefficient (Wildman–Crippen LogP) is 2.87. The quantitative estimate of drug-likeness (QED) is 0.746. The minimum Gasteiger partial charge on any atom is -0.497 e. The molecular formula is C20H23N3O3. The van der Waals surface area contributed by atoms with Crippen LogP contribution in [-0.4, -0.2) is 47.2 Å². The van der Waals surface area contributed by atoms with Crippen LogP contribution in [0.4, 0.5) is 5.82 Å². The third-order valence-corrected chi connectivity index (χ3v) is 4.39. The minimum absolute atomic E-state index is 0.362. The maximum Gasteiger partial charge on any atom is 0.328 e. The van der Waals surface area contributed by atoms with E-state index < -0.39 is 5.97 Å². The molecule has 1 aromatic heterocycles. The number of methoxy groups -OCH3 is 1. The first-order chi connectivity index (χ1) is 12.6. The van der Waals surface area contributed by atoms with E-state index in [-0.39, 0.29) is 0 Å². The molecule has 0 aliphatic carbocycles. The van der Waals surface area contributed by atoms with Gasteiger partial charge in [-0.2, -0.15) is 0 Å². The third-order valence-electron chi connectivity index (χ3n) is 4.39. The first kappa shape index (κ1) is 17.9. The van der Waals surface area contributed by atoms with E-state index in [1.807, 2.05) is 24.3 Å². The van der Waals surface area contributed by atoms with Crippen LogP contribution in [0.25, 0.3) is 6.08 Å². The molecule has 6 heteroatoms. The van der Waals surface area contributed by atoms with E-state index in [9.17, 15) is 4.79 Å². The molecule has 1 atom stereocenters. The number of hydrogen-bond acceptors (Lipinski definition) is 5. The molecule has 1 fully saturated rings. The second-order valence-corrected chi connectivity index (χ2v) is 6.36. The van der Waals surface area contributed by atoms with Gasteiger partial charge in [0.2, 0.25) is 0 Å². The smallest absolute Gasteiger partial charge is 0.328 e. The van der Waals surface area contributed by atoms with Gasteiger partial charge in [0.15, 0.2) is 0 Å². The molecule has 26 heavy (non-hydrogen) atoms. The predicted molar refractivity (Wildman–Crippen MR) is 101 cm³/mol. The maximum absolute atomic E-state index is 10.5. The summed E-state index contributed by atoms with van der Waals surface area (Å²) in [5.41, 5.74) is 2.05. The van der Waals surface area contributed by atoms with Crippen LogP contribution in [-0.2, 0) is 11.3 Å². The number of aliphatic carboxylic acids is 1. The van der Waals surface area contributed by atoms with E-state index in [0.29, 0.717) is 6.04 Å². The topological polar surface area (TPSA) is 74.7 Å². The molecule has 0 amide bonds. The number of carbonyl (C=O) groups is 1. The number of pyridine rings is 1. The zero-order valence-electron chi connectivity index (χ0n) is 14.8. The fourth-order valence-electron chi connectivity index (χ4n) is 3.05. The van der Waals surface area contributed by atoms with Crippen LogP contribution in [0, 0.1) is 0 Å². The van der Waals surface area contributed by atoms with Crippen molar-refractivity contribution < 1.29 is 14.6 Å². The monoisotopic (exact) mass is 353 g/mol. The van der Waals surface area contributed by atoms with E-state index in [0.717, 1.165) is 49.3 Å². The standard InChI is InChI=1S/C20H23N3O3/c1-26-18-6-2-16(3-7-18)13-23-11-10-17(14-23)22-19-8-4-15(12-21-19)5-9-20(24)25/h2-9,12,17H,10-11,13-14H2,1H3,(H,21,22)(H,24,25)/b9-5+/t17-/m1/s1. The van der Waals surface area contributed by atoms with Gasteiger partial charge in [-0.25, -0.2) is 9.78 Å². The lowest BCUT2D eigenvalue weighted by molar-refractivity contribution is -0.131. The van der Waals surface area contributed by atoms with Gasteiger partial charge in [0, 0.05) is 37.9 Å². The Labute approximate surface area is 153 Å². The highest BCUT2D eigenvalue weighted by Gasteiger charge is 2.22. The third kappa shape index (κ3) is 5.07. The first-order valence-electron chi connectivity index (χ1n) is 8.61. The number of aromatic nitrogens is 1. The lowest BCUT2D eigenvalue weighted by atomic mass is 10.2. The van der Waals surface area contributed by atoms with E-state index in [4.69, 9.17) is 9.84 Å². The fraction of sp³-hybridized carbons (Fsp3) is 0.300. The summed E-state index contributed by atoms with van der Waals surface area (Å²) < 4.78 is 5.19. The number of anilines is 1. The normalized spacial score (nSPS) is 17.5. The molecule has 1 saturated heterocycles. The number of likely N-dealkylation sites (tertiary alicyclic amines) is 1. The number of carboxylic acid groups (broad SMARTS) is 1. The average molecular weight is 353 g/mol. The number of rotatable bonds is 7. The van der Waals surface area contributed by atoms with Gasteiger partial charge in [0.05, 0.1) is 7.11 Å². The van der Waals surface area contributed by atoms with Crippen LogP contribution < -0.4 is 10.1 Å². The van der Waals surface area contributed by atoms with Crippen LogP contribution >= 0.6 is 0 Å². The Kier molecular flexibility index (Phi) is 5.86. The summed E-state index contributed by atoms with van der Waals surface area (Å²) in [5, 5.41) is 12.1. The van der Waals surface area contributed by atoms with Gasteiger partial charge in [-0.05, 0) is 47.9 Å². The molecule has 136 valence electrons.